The molecule has 152 valence electrons. The summed E-state index contributed by atoms with van der Waals surface area (Å²) in [6.07, 6.45) is 5.29. The Bertz CT molecular complexity index is 1030. The molecule has 6 nitrogen and oxygen atoms in total. The van der Waals surface area contributed by atoms with Crippen LogP contribution in [0.2, 0.25) is 0 Å². The van der Waals surface area contributed by atoms with Crippen LogP contribution >= 0.6 is 15.9 Å². The van der Waals surface area contributed by atoms with E-state index < -0.39 is 0 Å². The number of hydrogen-bond acceptors (Lipinski definition) is 5. The fraction of sp³-hybridized carbons (Fsp3) is 0.364. The van der Waals surface area contributed by atoms with Gasteiger partial charge in [-0.15, -0.1) is 0 Å². The highest BCUT2D eigenvalue weighted by atomic mass is 79.9. The minimum atomic E-state index is -0.293. The highest BCUT2D eigenvalue weighted by Gasteiger charge is 2.42. The Balaban J connectivity index is 1.90. The van der Waals surface area contributed by atoms with Gasteiger partial charge in [-0.3, -0.25) is 10.1 Å². The normalized spacial score (nSPS) is 21.9. The SMILES string of the molecule is COc1cc([C@@H]2Nc3c([N+](=O)[O-])cc(C)c(C)c3[C@H]3C=CC[C@@H]32)cc(Br)c1OC. The van der Waals surface area contributed by atoms with Gasteiger partial charge in [0.05, 0.1) is 29.7 Å². The van der Waals surface area contributed by atoms with Crippen LogP contribution in [-0.4, -0.2) is 19.1 Å². The van der Waals surface area contributed by atoms with Gasteiger partial charge in [-0.05, 0) is 76.5 Å². The summed E-state index contributed by atoms with van der Waals surface area (Å²) in [6.45, 7) is 3.99. The van der Waals surface area contributed by atoms with Crippen molar-refractivity contribution < 1.29 is 14.4 Å². The maximum Gasteiger partial charge on any atom is 0.292 e. The molecule has 29 heavy (non-hydrogen) atoms. The van der Waals surface area contributed by atoms with E-state index in [1.165, 1.54) is 0 Å². The van der Waals surface area contributed by atoms with Gasteiger partial charge in [0.1, 0.15) is 5.69 Å². The molecule has 1 N–H and O–H groups in total. The van der Waals surface area contributed by atoms with Crippen molar-refractivity contribution in [3.8, 4) is 11.5 Å². The highest BCUT2D eigenvalue weighted by Crippen LogP contribution is 2.54. The topological polar surface area (TPSA) is 73.6 Å². The Labute approximate surface area is 178 Å². The molecule has 0 fully saturated rings. The lowest BCUT2D eigenvalue weighted by Crippen LogP contribution is -2.30. The number of halogens is 1. The second-order valence-electron chi connectivity index (χ2n) is 7.60. The van der Waals surface area contributed by atoms with E-state index in [1.54, 1.807) is 20.3 Å². The van der Waals surface area contributed by atoms with Crippen LogP contribution < -0.4 is 14.8 Å². The van der Waals surface area contributed by atoms with E-state index in [2.05, 4.69) is 40.3 Å². The predicted molar refractivity (Wildman–Crippen MR) is 116 cm³/mol. The first-order chi connectivity index (χ1) is 13.9. The van der Waals surface area contributed by atoms with Crippen molar-refractivity contribution in [2.75, 3.05) is 19.5 Å². The molecule has 0 radical (unpaired) electrons. The van der Waals surface area contributed by atoms with Gasteiger partial charge < -0.3 is 14.8 Å². The van der Waals surface area contributed by atoms with Gasteiger partial charge in [-0.2, -0.15) is 0 Å². The Morgan fingerprint density at radius 2 is 1.97 bits per heavy atom. The number of benzene rings is 2. The first-order valence-corrected chi connectivity index (χ1v) is 10.3. The highest BCUT2D eigenvalue weighted by molar-refractivity contribution is 9.10. The van der Waals surface area contributed by atoms with Crippen LogP contribution in [0.1, 0.15) is 40.6 Å². The smallest absolute Gasteiger partial charge is 0.292 e. The molecular formula is C22H23BrN2O4. The summed E-state index contributed by atoms with van der Waals surface area (Å²) in [6, 6.07) is 5.54. The summed E-state index contributed by atoms with van der Waals surface area (Å²) >= 11 is 3.57. The third-order valence-corrected chi connectivity index (χ3v) is 6.75. The average Bonchev–Trinajstić information content (AvgIpc) is 3.18. The van der Waals surface area contributed by atoms with Crippen molar-refractivity contribution in [2.24, 2.45) is 5.92 Å². The zero-order valence-corrected chi connectivity index (χ0v) is 18.4. The molecule has 0 aromatic heterocycles. The molecule has 0 saturated heterocycles. The third-order valence-electron chi connectivity index (χ3n) is 6.16. The number of nitrogens with one attached hydrogen (secondary N) is 1. The molecule has 2 aromatic rings. The fourth-order valence-corrected chi connectivity index (χ4v) is 5.29. The minimum Gasteiger partial charge on any atom is -0.493 e. The molecule has 0 bridgehead atoms. The number of methoxy groups -OCH3 is 2. The van der Waals surface area contributed by atoms with Gasteiger partial charge in [0.2, 0.25) is 0 Å². The van der Waals surface area contributed by atoms with Crippen LogP contribution in [0.25, 0.3) is 0 Å². The van der Waals surface area contributed by atoms with Crippen molar-refractivity contribution in [1.29, 1.82) is 0 Å². The third kappa shape index (κ3) is 3.08. The van der Waals surface area contributed by atoms with Crippen LogP contribution in [0.4, 0.5) is 11.4 Å². The molecule has 1 heterocycles. The van der Waals surface area contributed by atoms with Crippen molar-refractivity contribution in [2.45, 2.75) is 32.2 Å². The van der Waals surface area contributed by atoms with Gasteiger partial charge in [-0.25, -0.2) is 0 Å². The molecule has 1 aliphatic heterocycles. The molecule has 0 amide bonds. The number of hydrogen-bond donors (Lipinski definition) is 1. The van der Waals surface area contributed by atoms with Crippen molar-refractivity contribution >= 4 is 27.3 Å². The summed E-state index contributed by atoms with van der Waals surface area (Å²) in [4.78, 5) is 11.5. The predicted octanol–water partition coefficient (Wildman–Crippen LogP) is 5.82. The molecule has 2 aliphatic rings. The van der Waals surface area contributed by atoms with Crippen LogP contribution in [0.5, 0.6) is 11.5 Å². The van der Waals surface area contributed by atoms with Gasteiger partial charge in [-0.1, -0.05) is 12.2 Å². The van der Waals surface area contributed by atoms with E-state index in [9.17, 15) is 10.1 Å². The summed E-state index contributed by atoms with van der Waals surface area (Å²) in [5.74, 6) is 1.67. The Hall–Kier alpha value is -2.54. The monoisotopic (exact) mass is 458 g/mol. The maximum absolute atomic E-state index is 11.8. The largest absolute Gasteiger partial charge is 0.493 e. The second kappa shape index (κ2) is 7.37. The molecule has 4 rings (SSSR count). The molecule has 3 atom stereocenters. The van der Waals surface area contributed by atoms with Gasteiger partial charge in [0.15, 0.2) is 11.5 Å². The quantitative estimate of drug-likeness (QED) is 0.355. The van der Waals surface area contributed by atoms with E-state index in [0.29, 0.717) is 17.2 Å². The molecule has 0 unspecified atom stereocenters. The number of nitrogens with zero attached hydrogens (tertiary/aromatic N) is 1. The zero-order chi connectivity index (χ0) is 20.9. The van der Waals surface area contributed by atoms with E-state index in [-0.39, 0.29) is 28.5 Å². The molecule has 1 aliphatic carbocycles. The van der Waals surface area contributed by atoms with Crippen LogP contribution in [0.15, 0.2) is 34.8 Å². The van der Waals surface area contributed by atoms with E-state index >= 15 is 0 Å². The van der Waals surface area contributed by atoms with E-state index in [4.69, 9.17) is 9.47 Å². The Kier molecular flexibility index (Phi) is 5.02. The van der Waals surface area contributed by atoms with E-state index in [0.717, 1.165) is 33.1 Å². The van der Waals surface area contributed by atoms with Crippen molar-refractivity contribution in [3.05, 3.63) is 67.2 Å². The van der Waals surface area contributed by atoms with Gasteiger partial charge in [0, 0.05) is 12.0 Å². The fourth-order valence-electron chi connectivity index (χ4n) is 4.67. The number of anilines is 1. The first-order valence-electron chi connectivity index (χ1n) is 9.50. The summed E-state index contributed by atoms with van der Waals surface area (Å²) in [7, 11) is 3.21. The summed E-state index contributed by atoms with van der Waals surface area (Å²) in [5, 5.41) is 15.3. The number of nitro benzene ring substituents is 1. The maximum atomic E-state index is 11.8. The zero-order valence-electron chi connectivity index (χ0n) is 16.8. The van der Waals surface area contributed by atoms with Gasteiger partial charge in [0.25, 0.3) is 5.69 Å². The van der Waals surface area contributed by atoms with Crippen LogP contribution in [-0.2, 0) is 0 Å². The van der Waals surface area contributed by atoms with Crippen LogP contribution in [0.3, 0.4) is 0 Å². The lowest BCUT2D eigenvalue weighted by molar-refractivity contribution is -0.384. The average molecular weight is 459 g/mol. The van der Waals surface area contributed by atoms with E-state index in [1.807, 2.05) is 19.1 Å². The molecular weight excluding hydrogens is 436 g/mol. The van der Waals surface area contributed by atoms with Crippen molar-refractivity contribution in [3.63, 3.8) is 0 Å². The summed E-state index contributed by atoms with van der Waals surface area (Å²) < 4.78 is 11.7. The second-order valence-corrected chi connectivity index (χ2v) is 8.45. The minimum absolute atomic E-state index is 0.0839. The molecule has 0 saturated carbocycles. The molecule has 2 aromatic carbocycles. The first kappa shape index (κ1) is 19.8. The van der Waals surface area contributed by atoms with Crippen LogP contribution in [0, 0.1) is 29.9 Å². The number of nitro groups is 1. The molecule has 0 spiro atoms. The van der Waals surface area contributed by atoms with Crippen molar-refractivity contribution in [1.82, 2.24) is 0 Å². The lowest BCUT2D eigenvalue weighted by Gasteiger charge is -2.38. The Morgan fingerprint density at radius 1 is 1.21 bits per heavy atom. The number of allylic oxidation sites excluding steroid dienone is 2. The number of aryl methyl sites for hydroxylation is 1. The lowest BCUT2D eigenvalue weighted by atomic mass is 9.74. The molecule has 7 heteroatoms. The number of rotatable bonds is 4. The summed E-state index contributed by atoms with van der Waals surface area (Å²) in [5.41, 5.74) is 4.88. The number of fused-ring (bicyclic) bond motifs is 3. The Morgan fingerprint density at radius 3 is 2.62 bits per heavy atom. The van der Waals surface area contributed by atoms with Gasteiger partial charge >= 0.3 is 0 Å². The number of ether oxygens (including phenoxy) is 2. The standard InChI is InChI=1S/C22H23BrN2O4/c1-11-8-17(25(26)27)21-19(12(11)2)14-6-5-7-15(14)20(24-21)13-9-16(23)22(29-4)18(10-13)28-3/h5-6,8-10,14-15,20,24H,7H2,1-4H3/t14-,15-,20-/m0/s1.